The van der Waals surface area contributed by atoms with Crippen molar-refractivity contribution in [3.63, 3.8) is 0 Å². The van der Waals surface area contributed by atoms with Crippen LogP contribution in [0, 0.1) is 5.92 Å². The minimum atomic E-state index is 0.424. The molecule has 0 amide bonds. The largest absolute Gasteiger partial charge is 0.298 e. The van der Waals surface area contributed by atoms with Gasteiger partial charge in [0.1, 0.15) is 6.29 Å². The molecule has 0 N–H and O–H groups in total. The Hall–Kier alpha value is -0.590. The highest BCUT2D eigenvalue weighted by Crippen LogP contribution is 2.10. The molecule has 0 aliphatic carbocycles. The number of carbonyl (C=O) groups is 1. The van der Waals surface area contributed by atoms with Crippen LogP contribution in [0.25, 0.3) is 0 Å². The lowest BCUT2D eigenvalue weighted by Crippen LogP contribution is -1.97. The molecule has 0 rings (SSSR count). The SMILES string of the molecule is C/C=C(/C=O)C(C)CC. The molecule has 0 aromatic carbocycles. The van der Waals surface area contributed by atoms with E-state index in [0.29, 0.717) is 5.92 Å². The molecule has 1 unspecified atom stereocenters. The van der Waals surface area contributed by atoms with E-state index in [2.05, 4.69) is 13.8 Å². The molecule has 0 saturated carbocycles. The van der Waals surface area contributed by atoms with Gasteiger partial charge in [0.15, 0.2) is 0 Å². The molecule has 9 heavy (non-hydrogen) atoms. The zero-order valence-electron chi connectivity index (χ0n) is 6.35. The Kier molecular flexibility index (Phi) is 4.02. The Morgan fingerprint density at radius 3 is 2.33 bits per heavy atom. The first-order valence-corrected chi connectivity index (χ1v) is 3.37. The quantitative estimate of drug-likeness (QED) is 0.418. The first kappa shape index (κ1) is 8.41. The van der Waals surface area contributed by atoms with Crippen LogP contribution in [0.2, 0.25) is 0 Å². The molecule has 1 atom stereocenters. The third-order valence-corrected chi connectivity index (χ3v) is 1.65. The van der Waals surface area contributed by atoms with E-state index in [1.165, 1.54) is 0 Å². The molecule has 0 spiro atoms. The van der Waals surface area contributed by atoms with Gasteiger partial charge in [0, 0.05) is 0 Å². The molecule has 0 aliphatic heterocycles. The summed E-state index contributed by atoms with van der Waals surface area (Å²) in [5, 5.41) is 0. The summed E-state index contributed by atoms with van der Waals surface area (Å²) in [6.07, 6.45) is 3.85. The molecule has 0 bridgehead atoms. The second-order valence-electron chi connectivity index (χ2n) is 2.22. The van der Waals surface area contributed by atoms with Gasteiger partial charge in [-0.15, -0.1) is 0 Å². The summed E-state index contributed by atoms with van der Waals surface area (Å²) in [4.78, 5) is 10.3. The summed E-state index contributed by atoms with van der Waals surface area (Å²) in [6, 6.07) is 0. The Balaban J connectivity index is 3.95. The predicted molar refractivity (Wildman–Crippen MR) is 39.3 cm³/mol. The lowest BCUT2D eigenvalue weighted by molar-refractivity contribution is -0.105. The van der Waals surface area contributed by atoms with E-state index in [1.807, 2.05) is 13.0 Å². The van der Waals surface area contributed by atoms with E-state index >= 15 is 0 Å². The van der Waals surface area contributed by atoms with Gasteiger partial charge >= 0.3 is 0 Å². The van der Waals surface area contributed by atoms with Crippen molar-refractivity contribution in [3.8, 4) is 0 Å². The van der Waals surface area contributed by atoms with E-state index in [9.17, 15) is 4.79 Å². The molecule has 0 saturated heterocycles. The molecule has 0 aromatic rings. The highest BCUT2D eigenvalue weighted by atomic mass is 16.1. The van der Waals surface area contributed by atoms with Gasteiger partial charge in [-0.3, -0.25) is 4.79 Å². The average Bonchev–Trinajstić information content (AvgIpc) is 1.90. The van der Waals surface area contributed by atoms with Crippen LogP contribution in [0.1, 0.15) is 27.2 Å². The van der Waals surface area contributed by atoms with E-state index in [0.717, 1.165) is 18.3 Å². The third-order valence-electron chi connectivity index (χ3n) is 1.65. The van der Waals surface area contributed by atoms with Crippen LogP contribution >= 0.6 is 0 Å². The molecular formula is C8H14O. The third kappa shape index (κ3) is 2.45. The summed E-state index contributed by atoms with van der Waals surface area (Å²) in [7, 11) is 0. The zero-order valence-corrected chi connectivity index (χ0v) is 6.35. The minimum Gasteiger partial charge on any atom is -0.298 e. The van der Waals surface area contributed by atoms with E-state index in [1.54, 1.807) is 0 Å². The molecule has 0 heterocycles. The van der Waals surface area contributed by atoms with Gasteiger partial charge in [-0.2, -0.15) is 0 Å². The molecule has 0 radical (unpaired) electrons. The van der Waals surface area contributed by atoms with Crippen molar-refractivity contribution >= 4 is 6.29 Å². The first-order chi connectivity index (χ1) is 4.26. The van der Waals surface area contributed by atoms with E-state index in [-0.39, 0.29) is 0 Å². The number of hydrogen-bond donors (Lipinski definition) is 0. The molecular weight excluding hydrogens is 112 g/mol. The van der Waals surface area contributed by atoms with Crippen LogP contribution in [0.5, 0.6) is 0 Å². The van der Waals surface area contributed by atoms with Crippen molar-refractivity contribution in [1.29, 1.82) is 0 Å². The zero-order chi connectivity index (χ0) is 7.28. The summed E-state index contributed by atoms with van der Waals surface area (Å²) in [6.45, 7) is 6.04. The van der Waals surface area contributed by atoms with Gasteiger partial charge in [0.05, 0.1) is 0 Å². The van der Waals surface area contributed by atoms with Gasteiger partial charge in [-0.05, 0) is 24.8 Å². The fourth-order valence-corrected chi connectivity index (χ4v) is 0.704. The first-order valence-electron chi connectivity index (χ1n) is 3.37. The molecule has 0 aliphatic rings. The topological polar surface area (TPSA) is 17.1 Å². The van der Waals surface area contributed by atoms with Crippen molar-refractivity contribution in [1.82, 2.24) is 0 Å². The normalized spacial score (nSPS) is 15.2. The fraction of sp³-hybridized carbons (Fsp3) is 0.625. The highest BCUT2D eigenvalue weighted by molar-refractivity contribution is 5.73. The molecule has 0 fully saturated rings. The van der Waals surface area contributed by atoms with E-state index < -0.39 is 0 Å². The molecule has 1 nitrogen and oxygen atoms in total. The van der Waals surface area contributed by atoms with Crippen LogP contribution in [-0.2, 0) is 4.79 Å². The molecule has 1 heteroatoms. The van der Waals surface area contributed by atoms with Crippen LogP contribution in [0.15, 0.2) is 11.6 Å². The minimum absolute atomic E-state index is 0.424. The van der Waals surface area contributed by atoms with Crippen molar-refractivity contribution in [2.45, 2.75) is 27.2 Å². The Morgan fingerprint density at radius 2 is 2.22 bits per heavy atom. The van der Waals surface area contributed by atoms with Gasteiger partial charge in [-0.25, -0.2) is 0 Å². The highest BCUT2D eigenvalue weighted by Gasteiger charge is 2.01. The summed E-state index contributed by atoms with van der Waals surface area (Å²) >= 11 is 0. The monoisotopic (exact) mass is 126 g/mol. The van der Waals surface area contributed by atoms with E-state index in [4.69, 9.17) is 0 Å². The van der Waals surface area contributed by atoms with Crippen LogP contribution < -0.4 is 0 Å². The van der Waals surface area contributed by atoms with Crippen molar-refractivity contribution < 1.29 is 4.79 Å². The number of aldehydes is 1. The molecule has 0 aromatic heterocycles. The van der Waals surface area contributed by atoms with Crippen molar-refractivity contribution in [2.75, 3.05) is 0 Å². The summed E-state index contributed by atoms with van der Waals surface area (Å²) in [5.41, 5.74) is 0.914. The lowest BCUT2D eigenvalue weighted by Gasteiger charge is -2.04. The van der Waals surface area contributed by atoms with Gasteiger partial charge < -0.3 is 0 Å². The number of carbonyl (C=O) groups excluding carboxylic acids is 1. The average molecular weight is 126 g/mol. The number of hydrogen-bond acceptors (Lipinski definition) is 1. The summed E-state index contributed by atoms with van der Waals surface area (Å²) < 4.78 is 0. The number of allylic oxidation sites excluding steroid dienone is 2. The lowest BCUT2D eigenvalue weighted by atomic mass is 10.00. The predicted octanol–water partition coefficient (Wildman–Crippen LogP) is 2.18. The van der Waals surface area contributed by atoms with Crippen LogP contribution in [0.3, 0.4) is 0 Å². The summed E-state index contributed by atoms with van der Waals surface area (Å²) in [5.74, 6) is 0.424. The van der Waals surface area contributed by atoms with Gasteiger partial charge in [-0.1, -0.05) is 19.9 Å². The Labute approximate surface area is 56.8 Å². The smallest absolute Gasteiger partial charge is 0.145 e. The van der Waals surface area contributed by atoms with Gasteiger partial charge in [0.25, 0.3) is 0 Å². The molecule has 52 valence electrons. The number of rotatable bonds is 3. The fourth-order valence-electron chi connectivity index (χ4n) is 0.704. The Bertz CT molecular complexity index is 114. The van der Waals surface area contributed by atoms with Crippen molar-refractivity contribution in [2.24, 2.45) is 5.92 Å². The Morgan fingerprint density at radius 1 is 1.67 bits per heavy atom. The maximum absolute atomic E-state index is 10.3. The maximum atomic E-state index is 10.3. The van der Waals surface area contributed by atoms with Gasteiger partial charge in [0.2, 0.25) is 0 Å². The second kappa shape index (κ2) is 4.30. The standard InChI is InChI=1S/C8H14O/c1-4-7(3)8(5-2)6-9/h5-7H,4H2,1-3H3/b8-5-. The van der Waals surface area contributed by atoms with Crippen LogP contribution in [-0.4, -0.2) is 6.29 Å². The maximum Gasteiger partial charge on any atom is 0.145 e. The van der Waals surface area contributed by atoms with Crippen molar-refractivity contribution in [3.05, 3.63) is 11.6 Å². The van der Waals surface area contributed by atoms with Crippen LogP contribution in [0.4, 0.5) is 0 Å². The second-order valence-corrected chi connectivity index (χ2v) is 2.22.